The van der Waals surface area contributed by atoms with Crippen LogP contribution in [0.4, 0.5) is 0 Å². The summed E-state index contributed by atoms with van der Waals surface area (Å²) < 4.78 is 0. The summed E-state index contributed by atoms with van der Waals surface area (Å²) in [4.78, 5) is 1.60. The first kappa shape index (κ1) is 9.97. The number of hydrogen-bond donors (Lipinski definition) is 0. The molecule has 0 saturated carbocycles. The Morgan fingerprint density at radius 1 is 1.50 bits per heavy atom. The second kappa shape index (κ2) is 3.23. The average molecular weight is 206 g/mol. The van der Waals surface area contributed by atoms with E-state index >= 15 is 0 Å². The van der Waals surface area contributed by atoms with E-state index in [0.29, 0.717) is 5.41 Å². The van der Waals surface area contributed by atoms with Gasteiger partial charge in [0.15, 0.2) is 0 Å². The van der Waals surface area contributed by atoms with Gasteiger partial charge in [-0.1, -0.05) is 20.4 Å². The van der Waals surface area contributed by atoms with Gasteiger partial charge >= 0.3 is 0 Å². The summed E-state index contributed by atoms with van der Waals surface area (Å²) >= 11 is 1.92. The van der Waals surface area contributed by atoms with Crippen LogP contribution in [0, 0.1) is 5.41 Å². The van der Waals surface area contributed by atoms with Crippen LogP contribution in [0.25, 0.3) is 5.57 Å². The molecule has 1 heterocycles. The van der Waals surface area contributed by atoms with Gasteiger partial charge in [-0.25, -0.2) is 0 Å². The number of fused-ring (bicyclic) bond motifs is 1. The van der Waals surface area contributed by atoms with Crippen LogP contribution in [-0.4, -0.2) is 0 Å². The molecular formula is C13H18S. The van der Waals surface area contributed by atoms with Crippen molar-refractivity contribution in [1.29, 1.82) is 0 Å². The van der Waals surface area contributed by atoms with Crippen LogP contribution < -0.4 is 0 Å². The third kappa shape index (κ3) is 1.66. The second-order valence-corrected chi connectivity index (χ2v) is 6.14. The Balaban J connectivity index is 2.42. The molecule has 0 unspecified atom stereocenters. The standard InChI is InChI=1S/C13H18S/c1-9(2)11-8-14-12-5-6-13(3,4)7-10(11)12/h8H,1,5-7H2,2-4H3. The number of thiophene rings is 1. The maximum absolute atomic E-state index is 4.06. The Bertz CT molecular complexity index is 369. The van der Waals surface area contributed by atoms with Crippen molar-refractivity contribution in [2.75, 3.05) is 0 Å². The molecule has 0 atom stereocenters. The van der Waals surface area contributed by atoms with E-state index in [2.05, 4.69) is 32.7 Å². The Morgan fingerprint density at radius 3 is 2.86 bits per heavy atom. The zero-order valence-corrected chi connectivity index (χ0v) is 10.1. The molecule has 0 aliphatic heterocycles. The molecule has 0 radical (unpaired) electrons. The smallest absolute Gasteiger partial charge is 0.00839 e. The summed E-state index contributed by atoms with van der Waals surface area (Å²) in [5.74, 6) is 0. The SMILES string of the molecule is C=C(C)c1csc2c1CC(C)(C)CC2. The van der Waals surface area contributed by atoms with E-state index < -0.39 is 0 Å². The van der Waals surface area contributed by atoms with Crippen molar-refractivity contribution >= 4 is 16.9 Å². The topological polar surface area (TPSA) is 0 Å². The lowest BCUT2D eigenvalue weighted by atomic mass is 9.76. The molecule has 1 aliphatic carbocycles. The van der Waals surface area contributed by atoms with Gasteiger partial charge in [0.2, 0.25) is 0 Å². The Hall–Kier alpha value is -0.560. The summed E-state index contributed by atoms with van der Waals surface area (Å²) in [5.41, 5.74) is 4.70. The summed E-state index contributed by atoms with van der Waals surface area (Å²) in [6, 6.07) is 0. The van der Waals surface area contributed by atoms with E-state index in [1.807, 2.05) is 11.3 Å². The van der Waals surface area contributed by atoms with E-state index in [0.717, 1.165) is 0 Å². The molecule has 76 valence electrons. The summed E-state index contributed by atoms with van der Waals surface area (Å²) in [5, 5.41) is 2.29. The molecular weight excluding hydrogens is 188 g/mol. The fraction of sp³-hybridized carbons (Fsp3) is 0.538. The minimum atomic E-state index is 0.484. The third-order valence-electron chi connectivity index (χ3n) is 3.12. The highest BCUT2D eigenvalue weighted by atomic mass is 32.1. The van der Waals surface area contributed by atoms with Gasteiger partial charge in [-0.3, -0.25) is 0 Å². The lowest BCUT2D eigenvalue weighted by molar-refractivity contribution is 0.317. The number of aryl methyl sites for hydroxylation is 1. The molecule has 2 rings (SSSR count). The Labute approximate surface area is 90.7 Å². The largest absolute Gasteiger partial charge is 0.148 e. The molecule has 14 heavy (non-hydrogen) atoms. The minimum Gasteiger partial charge on any atom is -0.148 e. The van der Waals surface area contributed by atoms with Crippen molar-refractivity contribution in [3.63, 3.8) is 0 Å². The Kier molecular flexibility index (Phi) is 2.30. The monoisotopic (exact) mass is 206 g/mol. The first-order valence-corrected chi connectivity index (χ1v) is 6.13. The molecule has 1 heteroatoms. The quantitative estimate of drug-likeness (QED) is 0.643. The van der Waals surface area contributed by atoms with Crippen LogP contribution in [0.15, 0.2) is 12.0 Å². The predicted molar refractivity (Wildman–Crippen MR) is 64.8 cm³/mol. The van der Waals surface area contributed by atoms with Gasteiger partial charge in [-0.2, -0.15) is 0 Å². The Morgan fingerprint density at radius 2 is 2.21 bits per heavy atom. The third-order valence-corrected chi connectivity index (χ3v) is 4.21. The molecule has 0 saturated heterocycles. The molecule has 0 nitrogen and oxygen atoms in total. The van der Waals surface area contributed by atoms with E-state index in [4.69, 9.17) is 0 Å². The molecule has 1 aliphatic rings. The van der Waals surface area contributed by atoms with Crippen LogP contribution in [-0.2, 0) is 12.8 Å². The first-order valence-electron chi connectivity index (χ1n) is 5.25. The van der Waals surface area contributed by atoms with Crippen molar-refractivity contribution in [1.82, 2.24) is 0 Å². The van der Waals surface area contributed by atoms with Crippen LogP contribution in [0.1, 0.15) is 43.2 Å². The van der Waals surface area contributed by atoms with Gasteiger partial charge in [0.1, 0.15) is 0 Å². The minimum absolute atomic E-state index is 0.484. The molecule has 1 aromatic rings. The van der Waals surface area contributed by atoms with Crippen molar-refractivity contribution in [2.24, 2.45) is 5.41 Å². The van der Waals surface area contributed by atoms with Crippen LogP contribution in [0.3, 0.4) is 0 Å². The van der Waals surface area contributed by atoms with Gasteiger partial charge in [-0.15, -0.1) is 11.3 Å². The summed E-state index contributed by atoms with van der Waals surface area (Å²) in [7, 11) is 0. The zero-order chi connectivity index (χ0) is 10.3. The highest BCUT2D eigenvalue weighted by Gasteiger charge is 2.28. The number of hydrogen-bond acceptors (Lipinski definition) is 1. The molecule has 0 fully saturated rings. The van der Waals surface area contributed by atoms with Crippen molar-refractivity contribution < 1.29 is 0 Å². The lowest BCUT2D eigenvalue weighted by Gasteiger charge is -2.30. The van der Waals surface area contributed by atoms with E-state index in [9.17, 15) is 0 Å². The highest BCUT2D eigenvalue weighted by molar-refractivity contribution is 7.10. The molecule has 0 aromatic carbocycles. The number of rotatable bonds is 1. The zero-order valence-electron chi connectivity index (χ0n) is 9.31. The lowest BCUT2D eigenvalue weighted by Crippen LogP contribution is -2.21. The molecule has 0 spiro atoms. The van der Waals surface area contributed by atoms with Gasteiger partial charge in [-0.05, 0) is 53.7 Å². The summed E-state index contributed by atoms with van der Waals surface area (Å²) in [6.07, 6.45) is 3.82. The fourth-order valence-corrected chi connectivity index (χ4v) is 3.35. The van der Waals surface area contributed by atoms with Crippen LogP contribution in [0.2, 0.25) is 0 Å². The van der Waals surface area contributed by atoms with Crippen molar-refractivity contribution in [3.05, 3.63) is 28.0 Å². The van der Waals surface area contributed by atoms with Gasteiger partial charge in [0, 0.05) is 4.88 Å². The van der Waals surface area contributed by atoms with E-state index in [1.165, 1.54) is 30.4 Å². The summed E-state index contributed by atoms with van der Waals surface area (Å²) in [6.45, 7) is 10.9. The van der Waals surface area contributed by atoms with Gasteiger partial charge in [0.05, 0.1) is 0 Å². The van der Waals surface area contributed by atoms with Crippen LogP contribution in [0.5, 0.6) is 0 Å². The number of allylic oxidation sites excluding steroid dienone is 1. The molecule has 0 N–H and O–H groups in total. The van der Waals surface area contributed by atoms with Crippen LogP contribution >= 0.6 is 11.3 Å². The molecule has 0 bridgehead atoms. The van der Waals surface area contributed by atoms with E-state index in [-0.39, 0.29) is 0 Å². The second-order valence-electron chi connectivity index (χ2n) is 5.17. The highest BCUT2D eigenvalue weighted by Crippen LogP contribution is 2.40. The predicted octanol–water partition coefficient (Wildman–Crippen LogP) is 4.30. The molecule has 0 amide bonds. The van der Waals surface area contributed by atoms with Crippen molar-refractivity contribution in [3.8, 4) is 0 Å². The van der Waals surface area contributed by atoms with Gasteiger partial charge < -0.3 is 0 Å². The maximum Gasteiger partial charge on any atom is 0.00839 e. The van der Waals surface area contributed by atoms with E-state index in [1.54, 1.807) is 10.4 Å². The van der Waals surface area contributed by atoms with Crippen molar-refractivity contribution in [2.45, 2.75) is 40.0 Å². The maximum atomic E-state index is 4.06. The fourth-order valence-electron chi connectivity index (χ4n) is 2.20. The molecule has 1 aromatic heterocycles. The first-order chi connectivity index (χ1) is 6.49. The van der Waals surface area contributed by atoms with Gasteiger partial charge in [0.25, 0.3) is 0 Å². The average Bonchev–Trinajstić information content (AvgIpc) is 2.44. The normalized spacial score (nSPS) is 19.1.